The van der Waals surface area contributed by atoms with Crippen molar-refractivity contribution in [2.45, 2.75) is 192 Å². The van der Waals surface area contributed by atoms with Crippen molar-refractivity contribution < 1.29 is 44.2 Å². The first kappa shape index (κ1) is 49.9. The second-order valence-electron chi connectivity index (χ2n) is 14.4. The number of aliphatic hydroxyl groups is 4. The molecule has 1 saturated heterocycles. The Bertz CT molecular complexity index is 1010. The third kappa shape index (κ3) is 27.5. The molecule has 0 radical (unpaired) electrons. The van der Waals surface area contributed by atoms with Gasteiger partial charge in [0.2, 0.25) is 0 Å². The van der Waals surface area contributed by atoms with Crippen molar-refractivity contribution in [3.8, 4) is 0 Å². The highest BCUT2D eigenvalue weighted by atomic mass is 16.7. The molecule has 0 bridgehead atoms. The third-order valence-corrected chi connectivity index (χ3v) is 9.45. The van der Waals surface area contributed by atoms with E-state index in [2.05, 4.69) is 74.6 Å². The van der Waals surface area contributed by atoms with Crippen molar-refractivity contribution in [3.63, 3.8) is 0 Å². The first-order valence-electron chi connectivity index (χ1n) is 21.4. The average molecular weight is 763 g/mol. The molecule has 0 aliphatic carbocycles. The highest BCUT2D eigenvalue weighted by Gasteiger charge is 2.44. The molecular formula is C45H78O9. The first-order chi connectivity index (χ1) is 26.4. The van der Waals surface area contributed by atoms with E-state index in [0.717, 1.165) is 83.5 Å². The molecular weight excluding hydrogens is 684 g/mol. The van der Waals surface area contributed by atoms with Gasteiger partial charge in [-0.1, -0.05) is 152 Å². The maximum Gasteiger partial charge on any atom is 0.306 e. The molecule has 4 N–H and O–H groups in total. The number of carbonyl (C=O) groups excluding carboxylic acids is 1. The van der Waals surface area contributed by atoms with Gasteiger partial charge in [0.15, 0.2) is 6.29 Å². The zero-order valence-corrected chi connectivity index (χ0v) is 34.0. The summed E-state index contributed by atoms with van der Waals surface area (Å²) in [6, 6.07) is 0. The lowest BCUT2D eigenvalue weighted by Crippen LogP contribution is -2.59. The van der Waals surface area contributed by atoms with E-state index in [4.69, 9.17) is 18.9 Å². The van der Waals surface area contributed by atoms with Crippen molar-refractivity contribution in [1.82, 2.24) is 0 Å². The molecule has 0 spiro atoms. The van der Waals surface area contributed by atoms with Crippen LogP contribution < -0.4 is 0 Å². The minimum Gasteiger partial charge on any atom is -0.457 e. The van der Waals surface area contributed by atoms with Crippen molar-refractivity contribution in [2.75, 3.05) is 26.4 Å². The van der Waals surface area contributed by atoms with Gasteiger partial charge in [0.05, 0.1) is 19.8 Å². The molecule has 1 aliphatic heterocycles. The van der Waals surface area contributed by atoms with E-state index in [1.54, 1.807) is 0 Å². The summed E-state index contributed by atoms with van der Waals surface area (Å²) < 4.78 is 22.7. The molecule has 1 heterocycles. The minimum absolute atomic E-state index is 0.125. The molecule has 1 aliphatic rings. The number of ether oxygens (including phenoxy) is 4. The zero-order chi connectivity index (χ0) is 39.3. The summed E-state index contributed by atoms with van der Waals surface area (Å²) in [6.45, 7) is 4.36. The molecule has 1 rings (SSSR count). The Kier molecular flexibility index (Phi) is 33.8. The smallest absolute Gasteiger partial charge is 0.306 e. The van der Waals surface area contributed by atoms with Gasteiger partial charge in [-0.3, -0.25) is 4.79 Å². The van der Waals surface area contributed by atoms with Gasteiger partial charge in [0.25, 0.3) is 0 Å². The molecule has 312 valence electrons. The van der Waals surface area contributed by atoms with E-state index < -0.39 is 43.4 Å². The second kappa shape index (κ2) is 36.5. The fourth-order valence-electron chi connectivity index (χ4n) is 6.11. The zero-order valence-electron chi connectivity index (χ0n) is 34.0. The van der Waals surface area contributed by atoms with Gasteiger partial charge in [-0.2, -0.15) is 0 Å². The molecule has 9 heteroatoms. The van der Waals surface area contributed by atoms with Gasteiger partial charge in [0.1, 0.15) is 30.5 Å². The van der Waals surface area contributed by atoms with E-state index in [0.29, 0.717) is 13.0 Å². The standard InChI is InChI=1S/C45H78O9/c1-3-5-7-9-11-13-15-16-17-18-19-20-21-22-23-25-27-29-31-33-35-51-37-39(38-52-45-44(50)43(49)42(48)40(36-46)54-45)53-41(47)34-32-30-28-26-24-14-12-10-8-6-4-2/h5,7,11,13,16-17,19-20,22-23,39-40,42-46,48-50H,3-4,6,8-10,12,14-15,18,21,24-38H2,1-2H3/b7-5-,13-11-,17-16-,20-19-,23-22-. The molecule has 54 heavy (non-hydrogen) atoms. The van der Waals surface area contributed by atoms with Crippen molar-refractivity contribution in [2.24, 2.45) is 0 Å². The summed E-state index contributed by atoms with van der Waals surface area (Å²) in [6.07, 6.45) is 38.2. The molecule has 0 aromatic rings. The Labute approximate surface area is 328 Å². The van der Waals surface area contributed by atoms with Crippen LogP contribution in [0, 0.1) is 0 Å². The molecule has 6 atom stereocenters. The lowest BCUT2D eigenvalue weighted by molar-refractivity contribution is -0.305. The van der Waals surface area contributed by atoms with Crippen LogP contribution in [-0.4, -0.2) is 89.6 Å². The number of carbonyl (C=O) groups is 1. The second-order valence-corrected chi connectivity index (χ2v) is 14.4. The van der Waals surface area contributed by atoms with Crippen molar-refractivity contribution in [3.05, 3.63) is 60.8 Å². The Balaban J connectivity index is 2.29. The highest BCUT2D eigenvalue weighted by molar-refractivity contribution is 5.69. The summed E-state index contributed by atoms with van der Waals surface area (Å²) >= 11 is 0. The Morgan fingerprint density at radius 3 is 1.70 bits per heavy atom. The maximum absolute atomic E-state index is 12.7. The van der Waals surface area contributed by atoms with Gasteiger partial charge < -0.3 is 39.4 Å². The lowest BCUT2D eigenvalue weighted by Gasteiger charge is -2.39. The predicted molar refractivity (Wildman–Crippen MR) is 219 cm³/mol. The normalized spacial score (nSPS) is 21.5. The van der Waals surface area contributed by atoms with E-state index >= 15 is 0 Å². The topological polar surface area (TPSA) is 135 Å². The molecule has 9 nitrogen and oxygen atoms in total. The van der Waals surface area contributed by atoms with Crippen LogP contribution in [0.15, 0.2) is 60.8 Å². The number of hydrogen-bond donors (Lipinski definition) is 4. The van der Waals surface area contributed by atoms with Gasteiger partial charge in [-0.25, -0.2) is 0 Å². The molecule has 0 aromatic heterocycles. The number of unbranched alkanes of at least 4 members (excludes halogenated alkanes) is 14. The largest absolute Gasteiger partial charge is 0.457 e. The van der Waals surface area contributed by atoms with Crippen LogP contribution in [0.5, 0.6) is 0 Å². The van der Waals surface area contributed by atoms with E-state index in [1.807, 2.05) is 0 Å². The minimum atomic E-state index is -1.54. The summed E-state index contributed by atoms with van der Waals surface area (Å²) in [5, 5.41) is 40.0. The predicted octanol–water partition coefficient (Wildman–Crippen LogP) is 9.13. The molecule has 0 amide bonds. The van der Waals surface area contributed by atoms with E-state index in [-0.39, 0.29) is 19.2 Å². The molecule has 0 saturated carbocycles. The number of rotatable bonds is 35. The van der Waals surface area contributed by atoms with Gasteiger partial charge in [0, 0.05) is 13.0 Å². The van der Waals surface area contributed by atoms with Crippen LogP contribution in [0.3, 0.4) is 0 Å². The Hall–Kier alpha value is -2.11. The van der Waals surface area contributed by atoms with Crippen LogP contribution in [0.25, 0.3) is 0 Å². The average Bonchev–Trinajstić information content (AvgIpc) is 3.17. The van der Waals surface area contributed by atoms with Crippen LogP contribution in [0.2, 0.25) is 0 Å². The lowest BCUT2D eigenvalue weighted by atomic mass is 9.99. The van der Waals surface area contributed by atoms with E-state index in [1.165, 1.54) is 51.4 Å². The Morgan fingerprint density at radius 2 is 1.13 bits per heavy atom. The van der Waals surface area contributed by atoms with Crippen LogP contribution in [-0.2, 0) is 23.7 Å². The van der Waals surface area contributed by atoms with Crippen LogP contribution in [0.1, 0.15) is 155 Å². The van der Waals surface area contributed by atoms with Crippen LogP contribution in [0.4, 0.5) is 0 Å². The fourth-order valence-corrected chi connectivity index (χ4v) is 6.11. The fraction of sp³-hybridized carbons (Fsp3) is 0.756. The Morgan fingerprint density at radius 1 is 0.611 bits per heavy atom. The summed E-state index contributed by atoms with van der Waals surface area (Å²) in [5.41, 5.74) is 0. The van der Waals surface area contributed by atoms with Crippen LogP contribution >= 0.6 is 0 Å². The van der Waals surface area contributed by atoms with Gasteiger partial charge >= 0.3 is 5.97 Å². The molecule has 6 unspecified atom stereocenters. The number of allylic oxidation sites excluding steroid dienone is 10. The highest BCUT2D eigenvalue weighted by Crippen LogP contribution is 2.22. The summed E-state index contributed by atoms with van der Waals surface area (Å²) in [4.78, 5) is 12.7. The van der Waals surface area contributed by atoms with Crippen molar-refractivity contribution in [1.29, 1.82) is 0 Å². The number of aliphatic hydroxyl groups excluding tert-OH is 4. The number of hydrogen-bond acceptors (Lipinski definition) is 9. The third-order valence-electron chi connectivity index (χ3n) is 9.45. The monoisotopic (exact) mass is 763 g/mol. The van der Waals surface area contributed by atoms with Gasteiger partial charge in [-0.15, -0.1) is 0 Å². The number of esters is 1. The first-order valence-corrected chi connectivity index (χ1v) is 21.4. The SMILES string of the molecule is CC/C=C\C/C=C\C/C=C\C/C=C\C/C=C\CCCCCCOCC(COC1OC(CO)C(O)C(O)C1O)OC(=O)CCCCCCCCCCCCC. The van der Waals surface area contributed by atoms with Crippen molar-refractivity contribution >= 4 is 5.97 Å². The maximum atomic E-state index is 12.7. The quantitative estimate of drug-likeness (QED) is 0.0283. The summed E-state index contributed by atoms with van der Waals surface area (Å²) in [7, 11) is 0. The molecule has 1 fully saturated rings. The molecule has 0 aromatic carbocycles. The summed E-state index contributed by atoms with van der Waals surface area (Å²) in [5.74, 6) is -0.327. The van der Waals surface area contributed by atoms with Gasteiger partial charge in [-0.05, 0) is 57.8 Å². The van der Waals surface area contributed by atoms with E-state index in [9.17, 15) is 25.2 Å².